The lowest BCUT2D eigenvalue weighted by Gasteiger charge is -2.12. The van der Waals surface area contributed by atoms with Gasteiger partial charge in [-0.2, -0.15) is 0 Å². The molecule has 0 aliphatic heterocycles. The average Bonchev–Trinajstić information content (AvgIpc) is 3.01. The van der Waals surface area contributed by atoms with E-state index in [4.69, 9.17) is 4.74 Å². The predicted octanol–water partition coefficient (Wildman–Crippen LogP) is 3.65. The van der Waals surface area contributed by atoms with Gasteiger partial charge in [0.05, 0.1) is 16.9 Å². The highest BCUT2D eigenvalue weighted by Gasteiger charge is 2.15. The van der Waals surface area contributed by atoms with Crippen LogP contribution in [0, 0.1) is 0 Å². The summed E-state index contributed by atoms with van der Waals surface area (Å²) < 4.78 is 10.1. The molecule has 0 aliphatic carbocycles. The maximum absolute atomic E-state index is 12.2. The molecule has 1 heterocycles. The fourth-order valence-corrected chi connectivity index (χ4v) is 2.78. The molecule has 0 bridgehead atoms. The number of hydrogen-bond donors (Lipinski definition) is 0. The van der Waals surface area contributed by atoms with Gasteiger partial charge in [0.25, 0.3) is 0 Å². The van der Waals surface area contributed by atoms with Gasteiger partial charge in [0.15, 0.2) is 0 Å². The zero-order valence-electron chi connectivity index (χ0n) is 11.5. The first-order valence-corrected chi connectivity index (χ1v) is 7.46. The standard InChI is InChI=1S/C16H14N2O2S/c1-11(12-6-3-2-4-7-12)10-20-16(19)13-8-5-9-14-15(13)21-18-17-14/h2-9,11H,10H2,1H3. The molecule has 5 heteroatoms. The highest BCUT2D eigenvalue weighted by atomic mass is 32.1. The van der Waals surface area contributed by atoms with Crippen molar-refractivity contribution in [2.24, 2.45) is 0 Å². The minimum Gasteiger partial charge on any atom is -0.461 e. The molecule has 1 aromatic heterocycles. The van der Waals surface area contributed by atoms with E-state index in [-0.39, 0.29) is 11.9 Å². The summed E-state index contributed by atoms with van der Waals surface area (Å²) in [5, 5.41) is 3.97. The van der Waals surface area contributed by atoms with E-state index in [1.807, 2.05) is 43.3 Å². The molecular weight excluding hydrogens is 284 g/mol. The number of ether oxygens (including phenoxy) is 1. The molecule has 2 aromatic carbocycles. The summed E-state index contributed by atoms with van der Waals surface area (Å²) >= 11 is 1.21. The Labute approximate surface area is 126 Å². The lowest BCUT2D eigenvalue weighted by molar-refractivity contribution is 0.0488. The van der Waals surface area contributed by atoms with Crippen LogP contribution in [0.4, 0.5) is 0 Å². The molecule has 1 unspecified atom stereocenters. The molecular formula is C16H14N2O2S. The second-order valence-corrected chi connectivity index (χ2v) is 5.59. The van der Waals surface area contributed by atoms with Crippen LogP contribution in [0.15, 0.2) is 48.5 Å². The molecule has 0 radical (unpaired) electrons. The molecule has 0 amide bonds. The molecule has 1 atom stereocenters. The molecule has 0 saturated heterocycles. The number of aromatic nitrogens is 2. The van der Waals surface area contributed by atoms with Crippen LogP contribution in [0.25, 0.3) is 10.2 Å². The highest BCUT2D eigenvalue weighted by Crippen LogP contribution is 2.22. The summed E-state index contributed by atoms with van der Waals surface area (Å²) in [7, 11) is 0. The Morgan fingerprint density at radius 1 is 1.19 bits per heavy atom. The van der Waals surface area contributed by atoms with E-state index in [1.165, 1.54) is 11.5 Å². The third-order valence-electron chi connectivity index (χ3n) is 3.33. The van der Waals surface area contributed by atoms with Crippen molar-refractivity contribution in [3.63, 3.8) is 0 Å². The van der Waals surface area contributed by atoms with Gasteiger partial charge in [-0.1, -0.05) is 47.8 Å². The van der Waals surface area contributed by atoms with E-state index in [9.17, 15) is 4.79 Å². The summed E-state index contributed by atoms with van der Waals surface area (Å²) in [5.74, 6) is -0.164. The SMILES string of the molecule is CC(COC(=O)c1cccc2nnsc12)c1ccccc1. The number of carbonyl (C=O) groups is 1. The molecule has 4 nitrogen and oxygen atoms in total. The molecule has 106 valence electrons. The average molecular weight is 298 g/mol. The number of fused-ring (bicyclic) bond motifs is 1. The van der Waals surface area contributed by atoms with Gasteiger partial charge in [-0.05, 0) is 29.2 Å². The zero-order valence-corrected chi connectivity index (χ0v) is 12.3. The summed E-state index contributed by atoms with van der Waals surface area (Å²) in [5.41, 5.74) is 2.41. The summed E-state index contributed by atoms with van der Waals surface area (Å²) in [6, 6.07) is 15.4. The van der Waals surface area contributed by atoms with E-state index >= 15 is 0 Å². The van der Waals surface area contributed by atoms with E-state index in [1.54, 1.807) is 12.1 Å². The van der Waals surface area contributed by atoms with Crippen molar-refractivity contribution in [2.45, 2.75) is 12.8 Å². The first-order chi connectivity index (χ1) is 10.3. The lowest BCUT2D eigenvalue weighted by atomic mass is 10.0. The van der Waals surface area contributed by atoms with E-state index < -0.39 is 0 Å². The van der Waals surface area contributed by atoms with Crippen molar-refractivity contribution >= 4 is 27.7 Å². The molecule has 3 aromatic rings. The quantitative estimate of drug-likeness (QED) is 0.690. The maximum Gasteiger partial charge on any atom is 0.339 e. The van der Waals surface area contributed by atoms with Crippen molar-refractivity contribution in [1.29, 1.82) is 0 Å². The monoisotopic (exact) mass is 298 g/mol. The molecule has 0 fully saturated rings. The molecule has 0 saturated carbocycles. The van der Waals surface area contributed by atoms with Crippen LogP contribution in [-0.2, 0) is 4.74 Å². The number of hydrogen-bond acceptors (Lipinski definition) is 5. The topological polar surface area (TPSA) is 52.1 Å². The van der Waals surface area contributed by atoms with Gasteiger partial charge in [-0.25, -0.2) is 4.79 Å². The third kappa shape index (κ3) is 2.92. The Morgan fingerprint density at radius 2 is 2.00 bits per heavy atom. The Kier molecular flexibility index (Phi) is 3.92. The Morgan fingerprint density at radius 3 is 2.81 bits per heavy atom. The van der Waals surface area contributed by atoms with Crippen LogP contribution in [0.5, 0.6) is 0 Å². The summed E-state index contributed by atoms with van der Waals surface area (Å²) in [4.78, 5) is 12.2. The van der Waals surface area contributed by atoms with Gasteiger partial charge in [0.1, 0.15) is 5.52 Å². The van der Waals surface area contributed by atoms with Gasteiger partial charge in [-0.3, -0.25) is 0 Å². The van der Waals surface area contributed by atoms with Crippen LogP contribution in [-0.4, -0.2) is 22.2 Å². The van der Waals surface area contributed by atoms with Gasteiger partial charge in [0, 0.05) is 5.92 Å². The van der Waals surface area contributed by atoms with Crippen LogP contribution in [0.3, 0.4) is 0 Å². The molecule has 21 heavy (non-hydrogen) atoms. The third-order valence-corrected chi connectivity index (χ3v) is 4.10. The van der Waals surface area contributed by atoms with Crippen LogP contribution < -0.4 is 0 Å². The molecule has 0 spiro atoms. The second-order valence-electron chi connectivity index (χ2n) is 4.84. The van der Waals surface area contributed by atoms with Crippen molar-refractivity contribution in [3.8, 4) is 0 Å². The minimum atomic E-state index is -0.325. The molecule has 3 rings (SSSR count). The van der Waals surface area contributed by atoms with Crippen LogP contribution in [0.2, 0.25) is 0 Å². The number of carbonyl (C=O) groups excluding carboxylic acids is 1. The number of rotatable bonds is 4. The lowest BCUT2D eigenvalue weighted by Crippen LogP contribution is -2.11. The first kappa shape index (κ1) is 13.7. The Bertz CT molecular complexity index is 755. The van der Waals surface area contributed by atoms with E-state index in [0.29, 0.717) is 12.2 Å². The fraction of sp³-hybridized carbons (Fsp3) is 0.188. The normalized spacial score (nSPS) is 12.2. The van der Waals surface area contributed by atoms with Gasteiger partial charge < -0.3 is 4.74 Å². The largest absolute Gasteiger partial charge is 0.461 e. The minimum absolute atomic E-state index is 0.161. The summed E-state index contributed by atoms with van der Waals surface area (Å²) in [6.45, 7) is 2.39. The Balaban J connectivity index is 1.71. The number of esters is 1. The van der Waals surface area contributed by atoms with Crippen LogP contribution in [0.1, 0.15) is 28.8 Å². The van der Waals surface area contributed by atoms with Gasteiger partial charge >= 0.3 is 5.97 Å². The predicted molar refractivity (Wildman–Crippen MR) is 82.6 cm³/mol. The molecule has 0 N–H and O–H groups in total. The number of benzene rings is 2. The van der Waals surface area contributed by atoms with Crippen molar-refractivity contribution in [2.75, 3.05) is 6.61 Å². The van der Waals surface area contributed by atoms with Crippen molar-refractivity contribution in [1.82, 2.24) is 9.59 Å². The maximum atomic E-state index is 12.2. The highest BCUT2D eigenvalue weighted by molar-refractivity contribution is 7.13. The zero-order chi connectivity index (χ0) is 14.7. The van der Waals surface area contributed by atoms with Crippen molar-refractivity contribution in [3.05, 3.63) is 59.7 Å². The van der Waals surface area contributed by atoms with Gasteiger partial charge in [0.2, 0.25) is 0 Å². The summed E-state index contributed by atoms with van der Waals surface area (Å²) in [6.07, 6.45) is 0. The van der Waals surface area contributed by atoms with E-state index in [2.05, 4.69) is 9.59 Å². The number of nitrogens with zero attached hydrogens (tertiary/aromatic N) is 2. The van der Waals surface area contributed by atoms with Gasteiger partial charge in [-0.15, -0.1) is 5.10 Å². The second kappa shape index (κ2) is 6.01. The van der Waals surface area contributed by atoms with Crippen molar-refractivity contribution < 1.29 is 9.53 Å². The van der Waals surface area contributed by atoms with E-state index in [0.717, 1.165) is 15.8 Å². The van der Waals surface area contributed by atoms with Crippen LogP contribution >= 0.6 is 11.5 Å². The fourth-order valence-electron chi connectivity index (χ4n) is 2.12. The first-order valence-electron chi connectivity index (χ1n) is 6.69. The molecule has 0 aliphatic rings. The Hall–Kier alpha value is -2.27. The smallest absolute Gasteiger partial charge is 0.339 e.